The van der Waals surface area contributed by atoms with E-state index in [4.69, 9.17) is 12.2 Å². The third-order valence-electron chi connectivity index (χ3n) is 4.13. The highest BCUT2D eigenvalue weighted by Gasteiger charge is 2.33. The van der Waals surface area contributed by atoms with E-state index in [1.165, 1.54) is 17.3 Å². The second-order valence-electron chi connectivity index (χ2n) is 7.23. The standard InChI is InChI=1S/C21H21NOS2/c1-14-6-5-7-17(12-14)22-19(23)18(25-20(22)24)13-15-8-10-16(11-9-15)21(2,3)4/h5-13H,1-4H3/b18-13-. The van der Waals surface area contributed by atoms with E-state index >= 15 is 0 Å². The van der Waals surface area contributed by atoms with Crippen LogP contribution in [0.1, 0.15) is 37.5 Å². The van der Waals surface area contributed by atoms with Crippen LogP contribution >= 0.6 is 24.0 Å². The number of thiocarbonyl (C=S) groups is 1. The molecule has 2 nitrogen and oxygen atoms in total. The summed E-state index contributed by atoms with van der Waals surface area (Å²) in [4.78, 5) is 15.1. The lowest BCUT2D eigenvalue weighted by Gasteiger charge is -2.18. The van der Waals surface area contributed by atoms with Crippen molar-refractivity contribution in [3.05, 3.63) is 70.1 Å². The highest BCUT2D eigenvalue weighted by atomic mass is 32.2. The van der Waals surface area contributed by atoms with Crippen LogP contribution in [-0.4, -0.2) is 10.2 Å². The molecule has 1 aliphatic heterocycles. The Bertz CT molecular complexity index is 860. The Morgan fingerprint density at radius 2 is 1.76 bits per heavy atom. The molecule has 0 N–H and O–H groups in total. The van der Waals surface area contributed by atoms with Crippen molar-refractivity contribution in [2.45, 2.75) is 33.1 Å². The molecule has 3 rings (SSSR count). The quantitative estimate of drug-likeness (QED) is 0.502. The molecular formula is C21H21NOS2. The summed E-state index contributed by atoms with van der Waals surface area (Å²) in [6.07, 6.45) is 1.92. The molecule has 0 saturated carbocycles. The van der Waals surface area contributed by atoms with Crippen molar-refractivity contribution in [2.75, 3.05) is 4.90 Å². The minimum atomic E-state index is -0.0551. The van der Waals surface area contributed by atoms with E-state index < -0.39 is 0 Å². The highest BCUT2D eigenvalue weighted by molar-refractivity contribution is 8.27. The molecule has 0 radical (unpaired) electrons. The van der Waals surface area contributed by atoms with Gasteiger partial charge in [-0.1, -0.05) is 81.1 Å². The van der Waals surface area contributed by atoms with Crippen LogP contribution in [-0.2, 0) is 10.2 Å². The lowest BCUT2D eigenvalue weighted by atomic mass is 9.87. The first kappa shape index (κ1) is 17.9. The Morgan fingerprint density at radius 3 is 2.36 bits per heavy atom. The van der Waals surface area contributed by atoms with Gasteiger partial charge in [-0.3, -0.25) is 9.69 Å². The number of anilines is 1. The summed E-state index contributed by atoms with van der Waals surface area (Å²) in [7, 11) is 0. The smallest absolute Gasteiger partial charge is 0.268 e. The molecule has 0 aliphatic carbocycles. The Labute approximate surface area is 158 Å². The number of rotatable bonds is 2. The minimum absolute atomic E-state index is 0.0551. The summed E-state index contributed by atoms with van der Waals surface area (Å²) in [5.41, 5.74) is 4.34. The molecule has 0 atom stereocenters. The maximum absolute atomic E-state index is 12.8. The first-order valence-electron chi connectivity index (χ1n) is 8.21. The number of amides is 1. The molecular weight excluding hydrogens is 346 g/mol. The summed E-state index contributed by atoms with van der Waals surface area (Å²) in [6, 6.07) is 16.2. The van der Waals surface area contributed by atoms with Crippen LogP contribution in [0.5, 0.6) is 0 Å². The molecule has 25 heavy (non-hydrogen) atoms. The average molecular weight is 368 g/mol. The normalized spacial score (nSPS) is 16.8. The van der Waals surface area contributed by atoms with E-state index in [9.17, 15) is 4.79 Å². The Balaban J connectivity index is 1.88. The zero-order valence-corrected chi connectivity index (χ0v) is 16.5. The van der Waals surface area contributed by atoms with E-state index in [1.54, 1.807) is 4.90 Å². The molecule has 0 unspecified atom stereocenters. The summed E-state index contributed by atoms with van der Waals surface area (Å²) < 4.78 is 0.577. The third-order valence-corrected chi connectivity index (χ3v) is 5.43. The number of thioether (sulfide) groups is 1. The van der Waals surface area contributed by atoms with Crippen molar-refractivity contribution >= 4 is 46.0 Å². The Morgan fingerprint density at radius 1 is 1.08 bits per heavy atom. The van der Waals surface area contributed by atoms with Gasteiger partial charge < -0.3 is 0 Å². The summed E-state index contributed by atoms with van der Waals surface area (Å²) in [5, 5.41) is 0. The maximum atomic E-state index is 12.8. The van der Waals surface area contributed by atoms with Gasteiger partial charge in [-0.15, -0.1) is 0 Å². The number of hydrogen-bond donors (Lipinski definition) is 0. The fraction of sp³-hybridized carbons (Fsp3) is 0.238. The first-order valence-corrected chi connectivity index (χ1v) is 9.43. The van der Waals surface area contributed by atoms with E-state index in [2.05, 4.69) is 45.0 Å². The molecule has 1 amide bonds. The topological polar surface area (TPSA) is 20.3 Å². The molecule has 4 heteroatoms. The molecule has 1 aliphatic rings. The van der Waals surface area contributed by atoms with Gasteiger partial charge in [-0.05, 0) is 47.2 Å². The van der Waals surface area contributed by atoms with Gasteiger partial charge in [0, 0.05) is 0 Å². The Kier molecular flexibility index (Phi) is 4.85. The van der Waals surface area contributed by atoms with Crippen molar-refractivity contribution in [3.8, 4) is 0 Å². The summed E-state index contributed by atoms with van der Waals surface area (Å²) >= 11 is 6.79. The van der Waals surface area contributed by atoms with E-state index in [1.807, 2.05) is 37.3 Å². The number of carbonyl (C=O) groups is 1. The summed E-state index contributed by atoms with van der Waals surface area (Å²) in [5.74, 6) is -0.0551. The van der Waals surface area contributed by atoms with Gasteiger partial charge >= 0.3 is 0 Å². The molecule has 2 aromatic rings. The first-order chi connectivity index (χ1) is 11.8. The second-order valence-corrected chi connectivity index (χ2v) is 8.90. The fourth-order valence-electron chi connectivity index (χ4n) is 2.69. The van der Waals surface area contributed by atoms with Crippen LogP contribution in [0.25, 0.3) is 6.08 Å². The van der Waals surface area contributed by atoms with Crippen molar-refractivity contribution < 1.29 is 4.79 Å². The van der Waals surface area contributed by atoms with Crippen molar-refractivity contribution in [1.29, 1.82) is 0 Å². The van der Waals surface area contributed by atoms with Crippen LogP contribution in [0.3, 0.4) is 0 Å². The van der Waals surface area contributed by atoms with Gasteiger partial charge in [-0.25, -0.2) is 0 Å². The van der Waals surface area contributed by atoms with Crippen molar-refractivity contribution in [2.24, 2.45) is 0 Å². The number of benzene rings is 2. The van der Waals surface area contributed by atoms with Crippen molar-refractivity contribution in [3.63, 3.8) is 0 Å². The monoisotopic (exact) mass is 367 g/mol. The van der Waals surface area contributed by atoms with E-state index in [-0.39, 0.29) is 11.3 Å². The molecule has 0 bridgehead atoms. The van der Waals surface area contributed by atoms with Gasteiger partial charge in [0.1, 0.15) is 0 Å². The van der Waals surface area contributed by atoms with Crippen LogP contribution in [0, 0.1) is 6.92 Å². The molecule has 2 aromatic carbocycles. The predicted molar refractivity (Wildman–Crippen MR) is 112 cm³/mol. The number of hydrogen-bond acceptors (Lipinski definition) is 3. The van der Waals surface area contributed by atoms with Gasteiger partial charge in [0.05, 0.1) is 10.6 Å². The number of aryl methyl sites for hydroxylation is 1. The average Bonchev–Trinajstić information content (AvgIpc) is 2.81. The predicted octanol–water partition coefficient (Wildman–Crippen LogP) is 5.70. The zero-order valence-electron chi connectivity index (χ0n) is 14.9. The number of carbonyl (C=O) groups excluding carboxylic acids is 1. The lowest BCUT2D eigenvalue weighted by molar-refractivity contribution is -0.113. The Hall–Kier alpha value is -1.91. The lowest BCUT2D eigenvalue weighted by Crippen LogP contribution is -2.27. The molecule has 0 aromatic heterocycles. The fourth-order valence-corrected chi connectivity index (χ4v) is 3.99. The van der Waals surface area contributed by atoms with Gasteiger partial charge in [0.25, 0.3) is 5.91 Å². The SMILES string of the molecule is Cc1cccc(N2C(=O)/C(=C/c3ccc(C(C)(C)C)cc3)SC2=S)c1. The summed E-state index contributed by atoms with van der Waals surface area (Å²) in [6.45, 7) is 8.58. The van der Waals surface area contributed by atoms with Gasteiger partial charge in [0.15, 0.2) is 4.32 Å². The van der Waals surface area contributed by atoms with Gasteiger partial charge in [-0.2, -0.15) is 0 Å². The highest BCUT2D eigenvalue weighted by Crippen LogP contribution is 2.36. The van der Waals surface area contributed by atoms with Crippen LogP contribution in [0.15, 0.2) is 53.4 Å². The molecule has 1 saturated heterocycles. The number of nitrogens with zero attached hydrogens (tertiary/aromatic N) is 1. The van der Waals surface area contributed by atoms with Gasteiger partial charge in [0.2, 0.25) is 0 Å². The molecule has 1 heterocycles. The van der Waals surface area contributed by atoms with Crippen LogP contribution in [0.4, 0.5) is 5.69 Å². The minimum Gasteiger partial charge on any atom is -0.268 e. The second kappa shape index (κ2) is 6.77. The molecule has 1 fully saturated rings. The molecule has 128 valence electrons. The van der Waals surface area contributed by atoms with E-state index in [0.717, 1.165) is 16.8 Å². The third kappa shape index (κ3) is 3.86. The zero-order chi connectivity index (χ0) is 18.2. The van der Waals surface area contributed by atoms with Crippen LogP contribution in [0.2, 0.25) is 0 Å². The van der Waals surface area contributed by atoms with Crippen molar-refractivity contribution in [1.82, 2.24) is 0 Å². The van der Waals surface area contributed by atoms with E-state index in [0.29, 0.717) is 9.23 Å². The molecule has 0 spiro atoms. The largest absolute Gasteiger partial charge is 0.270 e. The maximum Gasteiger partial charge on any atom is 0.270 e. The van der Waals surface area contributed by atoms with Crippen LogP contribution < -0.4 is 4.90 Å².